The Balaban J connectivity index is 1.81. The molecule has 2 unspecified atom stereocenters. The molecule has 1 N–H and O–H groups in total. The van der Waals surface area contributed by atoms with E-state index in [9.17, 15) is 19.5 Å². The second-order valence-electron chi connectivity index (χ2n) is 11.2. The van der Waals surface area contributed by atoms with Crippen molar-refractivity contribution >= 4 is 23.5 Å². The minimum atomic E-state index is -1.19. The average Bonchev–Trinajstić information content (AvgIpc) is 3.53. The van der Waals surface area contributed by atoms with Crippen LogP contribution >= 0.6 is 0 Å². The fourth-order valence-electron chi connectivity index (χ4n) is 7.15. The summed E-state index contributed by atoms with van der Waals surface area (Å²) in [7, 11) is 0. The molecule has 0 saturated carbocycles. The van der Waals surface area contributed by atoms with Crippen molar-refractivity contribution < 1.29 is 29.0 Å². The summed E-state index contributed by atoms with van der Waals surface area (Å²) in [6.07, 6.45) is 6.34. The predicted octanol–water partition coefficient (Wildman–Crippen LogP) is 3.87. The molecule has 2 bridgehead atoms. The number of aliphatic hydroxyl groups excluding tert-OH is 1. The highest BCUT2D eigenvalue weighted by molar-refractivity contribution is 6.05. The van der Waals surface area contributed by atoms with E-state index in [-0.39, 0.29) is 31.6 Å². The molecular formula is C31H42N2O6. The number of likely N-dealkylation sites (tertiary alicyclic amines) is 1. The molecule has 0 aliphatic carbocycles. The molecule has 8 heteroatoms. The van der Waals surface area contributed by atoms with Gasteiger partial charge in [-0.05, 0) is 64.0 Å². The summed E-state index contributed by atoms with van der Waals surface area (Å²) in [5, 5.41) is 10.2. The number of aliphatic hydroxyl groups is 1. The average molecular weight is 539 g/mol. The third-order valence-corrected chi connectivity index (χ3v) is 8.93. The second kappa shape index (κ2) is 11.3. The molecule has 3 aliphatic heterocycles. The minimum absolute atomic E-state index is 0.230. The Morgan fingerprint density at radius 3 is 2.54 bits per heavy atom. The first kappa shape index (κ1) is 29.0. The Bertz CT molecular complexity index is 1130. The molecule has 4 rings (SSSR count). The topological polar surface area (TPSA) is 96.4 Å². The SMILES string of the molecule is C=CCCCOC(=O)[C@H]1[C@H]2C(=O)N([C@H](C)CO)C(C(=O)N(CC=C)c3c(C)cccc3C)C23CC[C@]1(CC)O3. The quantitative estimate of drug-likeness (QED) is 0.247. The number of hydrogen-bond donors (Lipinski definition) is 1. The Kier molecular flexibility index (Phi) is 8.38. The zero-order valence-corrected chi connectivity index (χ0v) is 23.7. The molecule has 8 nitrogen and oxygen atoms in total. The lowest BCUT2D eigenvalue weighted by Crippen LogP contribution is -2.58. The zero-order chi connectivity index (χ0) is 28.5. The van der Waals surface area contributed by atoms with Crippen LogP contribution in [0.5, 0.6) is 0 Å². The highest BCUT2D eigenvalue weighted by Gasteiger charge is 2.79. The van der Waals surface area contributed by atoms with Crippen molar-refractivity contribution in [2.24, 2.45) is 11.8 Å². The van der Waals surface area contributed by atoms with Crippen LogP contribution < -0.4 is 4.90 Å². The molecule has 6 atom stereocenters. The third-order valence-electron chi connectivity index (χ3n) is 8.93. The first-order valence-corrected chi connectivity index (χ1v) is 14.0. The molecule has 212 valence electrons. The molecule has 3 aliphatic rings. The summed E-state index contributed by atoms with van der Waals surface area (Å²) in [5.74, 6) is -2.76. The lowest BCUT2D eigenvalue weighted by Gasteiger charge is -2.39. The van der Waals surface area contributed by atoms with E-state index in [0.29, 0.717) is 25.7 Å². The smallest absolute Gasteiger partial charge is 0.312 e. The number of amides is 2. The maximum atomic E-state index is 14.7. The lowest BCUT2D eigenvalue weighted by molar-refractivity contribution is -0.162. The molecule has 0 radical (unpaired) electrons. The maximum absolute atomic E-state index is 14.7. The van der Waals surface area contributed by atoms with E-state index in [2.05, 4.69) is 13.2 Å². The molecule has 1 spiro atoms. The van der Waals surface area contributed by atoms with E-state index in [1.807, 2.05) is 39.0 Å². The van der Waals surface area contributed by atoms with Crippen molar-refractivity contribution in [3.63, 3.8) is 0 Å². The second-order valence-corrected chi connectivity index (χ2v) is 11.2. The van der Waals surface area contributed by atoms with Gasteiger partial charge in [0.1, 0.15) is 17.6 Å². The monoisotopic (exact) mass is 538 g/mol. The van der Waals surface area contributed by atoms with Crippen molar-refractivity contribution in [3.8, 4) is 0 Å². The summed E-state index contributed by atoms with van der Waals surface area (Å²) in [4.78, 5) is 45.6. The standard InChI is InChI=1S/C31H42N2O6/c1-7-10-11-18-38-29(37)24-23-27(35)33(22(6)19-34)26(31(23)16-15-30(24,9-3)39-31)28(36)32(17-8-2)25-20(4)13-12-14-21(25)5/h7-8,12-14,22-24,26,34H,1-2,9-11,15-19H2,3-6H3/t22-,23+,24-,26?,30+,31?/m1/s1. The highest BCUT2D eigenvalue weighted by atomic mass is 16.6. The minimum Gasteiger partial charge on any atom is -0.465 e. The van der Waals surface area contributed by atoms with Gasteiger partial charge in [0, 0.05) is 12.2 Å². The Morgan fingerprint density at radius 1 is 1.26 bits per heavy atom. The molecular weight excluding hydrogens is 496 g/mol. The summed E-state index contributed by atoms with van der Waals surface area (Å²) >= 11 is 0. The van der Waals surface area contributed by atoms with Gasteiger partial charge in [-0.2, -0.15) is 0 Å². The van der Waals surface area contributed by atoms with Crippen LogP contribution in [0.2, 0.25) is 0 Å². The van der Waals surface area contributed by atoms with Crippen LogP contribution in [0.3, 0.4) is 0 Å². The summed E-state index contributed by atoms with van der Waals surface area (Å²) in [6.45, 7) is 15.3. The summed E-state index contributed by atoms with van der Waals surface area (Å²) in [6, 6.07) is 4.20. The largest absolute Gasteiger partial charge is 0.465 e. The molecule has 1 aromatic carbocycles. The van der Waals surface area contributed by atoms with Gasteiger partial charge in [0.15, 0.2) is 0 Å². The van der Waals surface area contributed by atoms with E-state index >= 15 is 0 Å². The number of carbonyl (C=O) groups excluding carboxylic acids is 3. The first-order chi connectivity index (χ1) is 18.6. The number of benzene rings is 1. The zero-order valence-electron chi connectivity index (χ0n) is 23.7. The van der Waals surface area contributed by atoms with Crippen LogP contribution in [0.1, 0.15) is 57.1 Å². The number of carbonyl (C=O) groups is 3. The van der Waals surface area contributed by atoms with Crippen molar-refractivity contribution in [2.45, 2.75) is 83.1 Å². The van der Waals surface area contributed by atoms with Gasteiger partial charge in [-0.3, -0.25) is 14.4 Å². The van der Waals surface area contributed by atoms with Gasteiger partial charge < -0.3 is 24.4 Å². The Morgan fingerprint density at radius 2 is 1.95 bits per heavy atom. The molecule has 0 aromatic heterocycles. The fourth-order valence-corrected chi connectivity index (χ4v) is 7.15. The fraction of sp³-hybridized carbons (Fsp3) is 0.581. The number of esters is 1. The van der Waals surface area contributed by atoms with Gasteiger partial charge in [-0.25, -0.2) is 0 Å². The van der Waals surface area contributed by atoms with E-state index in [4.69, 9.17) is 9.47 Å². The molecule has 2 amide bonds. The van der Waals surface area contributed by atoms with Crippen molar-refractivity contribution in [3.05, 3.63) is 54.6 Å². The number of unbranched alkanes of at least 4 members (excludes halogenated alkanes) is 1. The normalized spacial score (nSPS) is 29.7. The first-order valence-electron chi connectivity index (χ1n) is 14.0. The van der Waals surface area contributed by atoms with Gasteiger partial charge in [0.2, 0.25) is 5.91 Å². The van der Waals surface area contributed by atoms with E-state index < -0.39 is 41.1 Å². The maximum Gasteiger partial charge on any atom is 0.312 e. The van der Waals surface area contributed by atoms with Crippen molar-refractivity contribution in [2.75, 3.05) is 24.7 Å². The summed E-state index contributed by atoms with van der Waals surface area (Å²) < 4.78 is 12.5. The number of aryl methyl sites for hydroxylation is 2. The highest BCUT2D eigenvalue weighted by Crippen LogP contribution is 2.65. The number of hydrogen-bond acceptors (Lipinski definition) is 6. The van der Waals surface area contributed by atoms with E-state index in [1.165, 1.54) is 4.90 Å². The predicted molar refractivity (Wildman–Crippen MR) is 149 cm³/mol. The molecule has 3 saturated heterocycles. The van der Waals surface area contributed by atoms with Crippen molar-refractivity contribution in [1.82, 2.24) is 4.90 Å². The molecule has 1 aromatic rings. The van der Waals surface area contributed by atoms with Crippen LogP contribution in [0, 0.1) is 25.7 Å². The number of anilines is 1. The van der Waals surface area contributed by atoms with Crippen LogP contribution in [-0.4, -0.2) is 70.8 Å². The van der Waals surface area contributed by atoms with E-state index in [1.54, 1.807) is 24.0 Å². The van der Waals surface area contributed by atoms with Crippen LogP contribution in [0.15, 0.2) is 43.5 Å². The van der Waals surface area contributed by atoms with Gasteiger partial charge in [0.05, 0.1) is 30.8 Å². The summed E-state index contributed by atoms with van der Waals surface area (Å²) in [5.41, 5.74) is 0.558. The van der Waals surface area contributed by atoms with Crippen LogP contribution in [0.25, 0.3) is 0 Å². The molecule has 3 fully saturated rings. The number of fused-ring (bicyclic) bond motifs is 1. The third kappa shape index (κ3) is 4.51. The number of ether oxygens (including phenoxy) is 2. The van der Waals surface area contributed by atoms with Gasteiger partial charge in [0.25, 0.3) is 5.91 Å². The van der Waals surface area contributed by atoms with Crippen LogP contribution in [-0.2, 0) is 23.9 Å². The van der Waals surface area contributed by atoms with Gasteiger partial charge in [-0.1, -0.05) is 37.3 Å². The Labute approximate surface area is 231 Å². The van der Waals surface area contributed by atoms with Gasteiger partial charge >= 0.3 is 5.97 Å². The van der Waals surface area contributed by atoms with Crippen LogP contribution in [0.4, 0.5) is 5.69 Å². The van der Waals surface area contributed by atoms with Gasteiger partial charge in [-0.15, -0.1) is 13.2 Å². The number of para-hydroxylation sites is 1. The number of allylic oxidation sites excluding steroid dienone is 1. The molecule has 39 heavy (non-hydrogen) atoms. The number of rotatable bonds is 12. The number of nitrogens with zero attached hydrogens (tertiary/aromatic N) is 2. The Hall–Kier alpha value is -2.97. The molecule has 3 heterocycles. The lowest BCUT2D eigenvalue weighted by atomic mass is 9.65. The van der Waals surface area contributed by atoms with Crippen molar-refractivity contribution in [1.29, 1.82) is 0 Å². The van der Waals surface area contributed by atoms with E-state index in [0.717, 1.165) is 23.2 Å².